The summed E-state index contributed by atoms with van der Waals surface area (Å²) in [6, 6.07) is 10.5. The number of amides is 1. The van der Waals surface area contributed by atoms with E-state index in [0.29, 0.717) is 5.56 Å². The van der Waals surface area contributed by atoms with Gasteiger partial charge in [-0.25, -0.2) is 0 Å². The molecule has 1 aliphatic heterocycles. The second kappa shape index (κ2) is 4.72. The van der Waals surface area contributed by atoms with E-state index in [1.165, 1.54) is 6.07 Å². The third-order valence-electron chi connectivity index (χ3n) is 3.39. The van der Waals surface area contributed by atoms with Crippen LogP contribution in [0.1, 0.15) is 27.7 Å². The lowest BCUT2D eigenvalue weighted by Crippen LogP contribution is -2.38. The minimum atomic E-state index is -0.366. The Labute approximate surface area is 121 Å². The van der Waals surface area contributed by atoms with Gasteiger partial charge in [-0.05, 0) is 36.2 Å². The molecule has 0 saturated heterocycles. The van der Waals surface area contributed by atoms with Gasteiger partial charge in [0.05, 0.1) is 16.3 Å². The van der Waals surface area contributed by atoms with Crippen LogP contribution in [0.15, 0.2) is 36.4 Å². The van der Waals surface area contributed by atoms with E-state index >= 15 is 0 Å². The first-order valence-corrected chi connectivity index (χ1v) is 6.59. The van der Waals surface area contributed by atoms with Crippen LogP contribution in [0.2, 0.25) is 5.02 Å². The van der Waals surface area contributed by atoms with Crippen molar-refractivity contribution in [3.8, 4) is 5.75 Å². The summed E-state index contributed by atoms with van der Waals surface area (Å²) >= 11 is 5.91. The Morgan fingerprint density at radius 1 is 1.20 bits per heavy atom. The van der Waals surface area contributed by atoms with Gasteiger partial charge in [-0.1, -0.05) is 29.8 Å². The molecule has 2 aromatic carbocycles. The van der Waals surface area contributed by atoms with E-state index in [-0.39, 0.29) is 22.8 Å². The van der Waals surface area contributed by atoms with Crippen LogP contribution in [-0.2, 0) is 0 Å². The largest absolute Gasteiger partial charge is 0.506 e. The number of rotatable bonds is 1. The topological polar surface area (TPSA) is 61.4 Å². The zero-order valence-corrected chi connectivity index (χ0v) is 11.5. The maximum Gasteiger partial charge on any atom is 0.255 e. The first-order chi connectivity index (χ1) is 9.56. The third kappa shape index (κ3) is 2.08. The second-order valence-corrected chi connectivity index (χ2v) is 5.17. The summed E-state index contributed by atoms with van der Waals surface area (Å²) in [5, 5.41) is 15.9. The van der Waals surface area contributed by atoms with Crippen molar-refractivity contribution in [1.29, 1.82) is 0 Å². The highest BCUT2D eigenvalue weighted by Gasteiger charge is 2.25. The van der Waals surface area contributed by atoms with Crippen molar-refractivity contribution in [3.05, 3.63) is 58.1 Å². The number of halogens is 1. The number of phenols is 1. The van der Waals surface area contributed by atoms with Crippen molar-refractivity contribution in [2.45, 2.75) is 13.1 Å². The molecule has 0 bridgehead atoms. The minimum Gasteiger partial charge on any atom is -0.506 e. The number of nitrogens with one attached hydrogen (secondary N) is 2. The molecule has 0 aliphatic carbocycles. The third-order valence-corrected chi connectivity index (χ3v) is 3.69. The van der Waals surface area contributed by atoms with Crippen LogP contribution in [-0.4, -0.2) is 11.0 Å². The van der Waals surface area contributed by atoms with E-state index in [4.69, 9.17) is 11.6 Å². The summed E-state index contributed by atoms with van der Waals surface area (Å²) in [5.74, 6) is -0.106. The quantitative estimate of drug-likeness (QED) is 0.755. The molecule has 1 aliphatic rings. The standard InChI is InChI=1S/C15H13ClN2O2/c1-8-3-2-4-10-13(8)17-14(18-15(10)20)9-5-6-12(19)11(16)7-9/h2-7,14,17,19H,1H3,(H,18,20)/t14-/m1/s1. The number of hydrogen-bond acceptors (Lipinski definition) is 3. The molecule has 20 heavy (non-hydrogen) atoms. The van der Waals surface area contributed by atoms with Gasteiger partial charge in [0.25, 0.3) is 5.91 Å². The molecular formula is C15H13ClN2O2. The average Bonchev–Trinajstić information content (AvgIpc) is 2.43. The van der Waals surface area contributed by atoms with Gasteiger partial charge in [0.1, 0.15) is 11.9 Å². The molecule has 2 aromatic rings. The number of carbonyl (C=O) groups is 1. The highest BCUT2D eigenvalue weighted by Crippen LogP contribution is 2.32. The Morgan fingerprint density at radius 2 is 2.00 bits per heavy atom. The Hall–Kier alpha value is -2.20. The fraction of sp³-hybridized carbons (Fsp3) is 0.133. The molecule has 0 unspecified atom stereocenters. The predicted molar refractivity (Wildman–Crippen MR) is 78.1 cm³/mol. The number of para-hydroxylation sites is 1. The van der Waals surface area contributed by atoms with E-state index in [0.717, 1.165) is 16.8 Å². The van der Waals surface area contributed by atoms with Gasteiger partial charge in [-0.3, -0.25) is 4.79 Å². The van der Waals surface area contributed by atoms with Gasteiger partial charge >= 0.3 is 0 Å². The number of anilines is 1. The summed E-state index contributed by atoms with van der Waals surface area (Å²) in [5.41, 5.74) is 3.25. The van der Waals surface area contributed by atoms with E-state index < -0.39 is 0 Å². The summed E-state index contributed by atoms with van der Waals surface area (Å²) < 4.78 is 0. The molecule has 0 spiro atoms. The fourth-order valence-electron chi connectivity index (χ4n) is 2.31. The molecule has 0 radical (unpaired) electrons. The van der Waals surface area contributed by atoms with Crippen LogP contribution >= 0.6 is 11.6 Å². The Kier molecular flexibility index (Phi) is 3.03. The van der Waals surface area contributed by atoms with E-state index in [1.807, 2.05) is 19.1 Å². The van der Waals surface area contributed by atoms with Crippen LogP contribution in [0, 0.1) is 6.92 Å². The molecule has 4 nitrogen and oxygen atoms in total. The minimum absolute atomic E-state index is 0.0223. The van der Waals surface area contributed by atoms with Gasteiger partial charge in [-0.15, -0.1) is 0 Å². The van der Waals surface area contributed by atoms with Crippen LogP contribution in [0.5, 0.6) is 5.75 Å². The Morgan fingerprint density at radius 3 is 2.75 bits per heavy atom. The van der Waals surface area contributed by atoms with Crippen molar-refractivity contribution in [2.24, 2.45) is 0 Å². The first kappa shape index (κ1) is 12.8. The smallest absolute Gasteiger partial charge is 0.255 e. The second-order valence-electron chi connectivity index (χ2n) is 4.76. The van der Waals surface area contributed by atoms with Crippen LogP contribution in [0.3, 0.4) is 0 Å². The van der Waals surface area contributed by atoms with Crippen molar-refractivity contribution in [3.63, 3.8) is 0 Å². The lowest BCUT2D eigenvalue weighted by atomic mass is 10.0. The number of benzene rings is 2. The van der Waals surface area contributed by atoms with Gasteiger partial charge in [0.2, 0.25) is 0 Å². The highest BCUT2D eigenvalue weighted by molar-refractivity contribution is 6.32. The van der Waals surface area contributed by atoms with Gasteiger partial charge in [-0.2, -0.15) is 0 Å². The summed E-state index contributed by atoms with van der Waals surface area (Å²) in [4.78, 5) is 12.1. The maximum absolute atomic E-state index is 12.1. The van der Waals surface area contributed by atoms with E-state index in [1.54, 1.807) is 18.2 Å². The lowest BCUT2D eigenvalue weighted by molar-refractivity contribution is 0.0935. The summed E-state index contributed by atoms with van der Waals surface area (Å²) in [6.45, 7) is 1.95. The molecule has 1 atom stereocenters. The maximum atomic E-state index is 12.1. The lowest BCUT2D eigenvalue weighted by Gasteiger charge is -2.29. The molecule has 3 rings (SSSR count). The van der Waals surface area contributed by atoms with Crippen molar-refractivity contribution in [2.75, 3.05) is 5.32 Å². The summed E-state index contributed by atoms with van der Waals surface area (Å²) in [6.07, 6.45) is -0.366. The highest BCUT2D eigenvalue weighted by atomic mass is 35.5. The zero-order chi connectivity index (χ0) is 14.3. The van der Waals surface area contributed by atoms with Crippen LogP contribution in [0.25, 0.3) is 0 Å². The fourth-order valence-corrected chi connectivity index (χ4v) is 2.50. The first-order valence-electron chi connectivity index (χ1n) is 6.21. The number of phenolic OH excluding ortho intramolecular Hbond substituents is 1. The Bertz CT molecular complexity index is 700. The van der Waals surface area contributed by atoms with Crippen molar-refractivity contribution < 1.29 is 9.90 Å². The molecule has 3 N–H and O–H groups in total. The zero-order valence-electron chi connectivity index (χ0n) is 10.8. The number of hydrogen-bond donors (Lipinski definition) is 3. The normalized spacial score (nSPS) is 17.1. The Balaban J connectivity index is 2.00. The molecule has 0 saturated carbocycles. The monoisotopic (exact) mass is 288 g/mol. The van der Waals surface area contributed by atoms with Gasteiger partial charge in [0.15, 0.2) is 0 Å². The van der Waals surface area contributed by atoms with Crippen LogP contribution < -0.4 is 10.6 Å². The average molecular weight is 289 g/mol. The molecule has 102 valence electrons. The number of aromatic hydroxyl groups is 1. The molecule has 0 fully saturated rings. The molecule has 0 aromatic heterocycles. The predicted octanol–water partition coefficient (Wildman–Crippen LogP) is 3.21. The molecule has 5 heteroatoms. The van der Waals surface area contributed by atoms with Crippen LogP contribution in [0.4, 0.5) is 5.69 Å². The number of carbonyl (C=O) groups excluding carboxylic acids is 1. The number of fused-ring (bicyclic) bond motifs is 1. The molecule has 1 heterocycles. The van der Waals surface area contributed by atoms with Crippen molar-refractivity contribution in [1.82, 2.24) is 5.32 Å². The molecular weight excluding hydrogens is 276 g/mol. The van der Waals surface area contributed by atoms with E-state index in [9.17, 15) is 9.90 Å². The van der Waals surface area contributed by atoms with Gasteiger partial charge in [0, 0.05) is 0 Å². The van der Waals surface area contributed by atoms with Gasteiger partial charge < -0.3 is 15.7 Å². The molecule has 1 amide bonds. The number of aryl methyl sites for hydroxylation is 1. The SMILES string of the molecule is Cc1cccc2c1N[C@@H](c1ccc(O)c(Cl)c1)NC2=O. The van der Waals surface area contributed by atoms with E-state index in [2.05, 4.69) is 10.6 Å². The summed E-state index contributed by atoms with van der Waals surface area (Å²) in [7, 11) is 0. The van der Waals surface area contributed by atoms with Crippen molar-refractivity contribution >= 4 is 23.2 Å².